The van der Waals surface area contributed by atoms with Gasteiger partial charge in [0.2, 0.25) is 5.91 Å². The van der Waals surface area contributed by atoms with E-state index in [0.29, 0.717) is 24.4 Å². The van der Waals surface area contributed by atoms with Crippen molar-refractivity contribution in [3.05, 3.63) is 78.2 Å². The first kappa shape index (κ1) is 21.1. The van der Waals surface area contributed by atoms with Crippen LogP contribution in [0.3, 0.4) is 0 Å². The minimum absolute atomic E-state index is 0.0346. The van der Waals surface area contributed by atoms with Gasteiger partial charge >= 0.3 is 0 Å². The zero-order chi connectivity index (χ0) is 23.2. The van der Waals surface area contributed by atoms with Gasteiger partial charge in [0.1, 0.15) is 11.6 Å². The van der Waals surface area contributed by atoms with Crippen LogP contribution in [0.2, 0.25) is 0 Å². The Kier molecular flexibility index (Phi) is 5.09. The van der Waals surface area contributed by atoms with Crippen molar-refractivity contribution < 1.29 is 9.18 Å². The van der Waals surface area contributed by atoms with E-state index in [1.165, 1.54) is 12.1 Å². The summed E-state index contributed by atoms with van der Waals surface area (Å²) in [5, 5.41) is 8.02. The molecule has 0 bridgehead atoms. The predicted molar refractivity (Wildman–Crippen MR) is 126 cm³/mol. The van der Waals surface area contributed by atoms with Crippen LogP contribution in [0.25, 0.3) is 16.9 Å². The second kappa shape index (κ2) is 7.97. The van der Waals surface area contributed by atoms with E-state index in [2.05, 4.69) is 10.3 Å². The minimum atomic E-state index is -0.507. The van der Waals surface area contributed by atoms with Crippen molar-refractivity contribution in [3.8, 4) is 11.3 Å². The summed E-state index contributed by atoms with van der Waals surface area (Å²) in [4.78, 5) is 18.5. The molecule has 2 atom stereocenters. The number of imidazole rings is 1. The molecule has 2 aromatic carbocycles. The van der Waals surface area contributed by atoms with Gasteiger partial charge in [0, 0.05) is 29.8 Å². The number of hydrogen-bond donors (Lipinski definition) is 2. The number of rotatable bonds is 5. The molecule has 4 aromatic rings. The van der Waals surface area contributed by atoms with E-state index in [1.807, 2.05) is 56.3 Å². The summed E-state index contributed by atoms with van der Waals surface area (Å²) in [6.45, 7) is 4.35. The lowest BCUT2D eigenvalue weighted by molar-refractivity contribution is -0.117. The third-order valence-electron chi connectivity index (χ3n) is 5.93. The zero-order valence-corrected chi connectivity index (χ0v) is 18.5. The standard InChI is InChI=1S/C25H25FN6O/c1-16(18-4-3-5-19(26)12-18)29-22-10-11-23-28-14-21(32(23)30-22)17-6-8-20(9-7-17)31-15-25(2,27)13-24(31)33/h3-12,14,16H,13,15,27H2,1-2H3,(H,29,30). The highest BCUT2D eigenvalue weighted by Crippen LogP contribution is 2.29. The van der Waals surface area contributed by atoms with E-state index in [4.69, 9.17) is 10.8 Å². The van der Waals surface area contributed by atoms with Crippen LogP contribution in [-0.4, -0.2) is 32.6 Å². The van der Waals surface area contributed by atoms with Gasteiger partial charge in [0.25, 0.3) is 0 Å². The van der Waals surface area contributed by atoms with Crippen LogP contribution >= 0.6 is 0 Å². The van der Waals surface area contributed by atoms with Crippen molar-refractivity contribution in [2.45, 2.75) is 31.8 Å². The molecule has 3 N–H and O–H groups in total. The van der Waals surface area contributed by atoms with Gasteiger partial charge in [-0.2, -0.15) is 0 Å². The SMILES string of the molecule is CC(Nc1ccc2ncc(-c3ccc(N4CC(C)(N)CC4=O)cc3)n2n1)c1cccc(F)c1. The molecular formula is C25H25FN6O. The van der Waals surface area contributed by atoms with Crippen LogP contribution < -0.4 is 16.0 Å². The summed E-state index contributed by atoms with van der Waals surface area (Å²) in [5.74, 6) is 0.420. The molecule has 33 heavy (non-hydrogen) atoms. The molecule has 1 fully saturated rings. The second-order valence-corrected chi connectivity index (χ2v) is 8.91. The average molecular weight is 445 g/mol. The highest BCUT2D eigenvalue weighted by molar-refractivity contribution is 5.97. The number of fused-ring (bicyclic) bond motifs is 1. The van der Waals surface area contributed by atoms with Gasteiger partial charge in [-0.05, 0) is 55.8 Å². The maximum absolute atomic E-state index is 13.6. The van der Waals surface area contributed by atoms with Crippen LogP contribution in [0.15, 0.2) is 66.9 Å². The van der Waals surface area contributed by atoms with Crippen molar-refractivity contribution in [1.29, 1.82) is 0 Å². The quantitative estimate of drug-likeness (QED) is 0.483. The molecule has 8 heteroatoms. The molecule has 168 valence electrons. The Morgan fingerprint density at radius 3 is 2.64 bits per heavy atom. The van der Waals surface area contributed by atoms with Crippen molar-refractivity contribution in [2.75, 3.05) is 16.8 Å². The number of nitrogens with zero attached hydrogens (tertiary/aromatic N) is 4. The predicted octanol–water partition coefficient (Wildman–Crippen LogP) is 4.16. The van der Waals surface area contributed by atoms with E-state index >= 15 is 0 Å². The van der Waals surface area contributed by atoms with Crippen molar-refractivity contribution in [2.24, 2.45) is 5.73 Å². The number of hydrogen-bond acceptors (Lipinski definition) is 5. The number of nitrogens with one attached hydrogen (secondary N) is 1. The van der Waals surface area contributed by atoms with Crippen LogP contribution in [0, 0.1) is 5.82 Å². The molecule has 0 radical (unpaired) electrons. The largest absolute Gasteiger partial charge is 0.362 e. The number of benzene rings is 2. The Morgan fingerprint density at radius 1 is 1.15 bits per heavy atom. The lowest BCUT2D eigenvalue weighted by atomic mass is 10.0. The van der Waals surface area contributed by atoms with E-state index in [9.17, 15) is 9.18 Å². The summed E-state index contributed by atoms with van der Waals surface area (Å²) in [6.07, 6.45) is 2.12. The fourth-order valence-corrected chi connectivity index (χ4v) is 4.22. The molecule has 1 saturated heterocycles. The fraction of sp³-hybridized carbons (Fsp3) is 0.240. The van der Waals surface area contributed by atoms with E-state index in [-0.39, 0.29) is 17.8 Å². The number of carbonyl (C=O) groups is 1. The molecule has 0 saturated carbocycles. The van der Waals surface area contributed by atoms with Crippen molar-refractivity contribution >= 4 is 23.1 Å². The van der Waals surface area contributed by atoms with E-state index < -0.39 is 5.54 Å². The number of anilines is 2. The topological polar surface area (TPSA) is 88.5 Å². The number of carbonyl (C=O) groups excluding carboxylic acids is 1. The van der Waals surface area contributed by atoms with E-state index in [1.54, 1.807) is 21.7 Å². The first-order valence-electron chi connectivity index (χ1n) is 10.9. The number of aromatic nitrogens is 3. The lowest BCUT2D eigenvalue weighted by Crippen LogP contribution is -2.39. The third kappa shape index (κ3) is 4.17. The smallest absolute Gasteiger partial charge is 0.228 e. The second-order valence-electron chi connectivity index (χ2n) is 8.91. The summed E-state index contributed by atoms with van der Waals surface area (Å²) in [6, 6.07) is 17.9. The normalized spacial score (nSPS) is 19.3. The van der Waals surface area contributed by atoms with Gasteiger partial charge in [-0.25, -0.2) is 13.9 Å². The Balaban J connectivity index is 1.40. The first-order chi connectivity index (χ1) is 15.8. The van der Waals surface area contributed by atoms with Crippen LogP contribution in [-0.2, 0) is 4.79 Å². The molecule has 1 aliphatic rings. The molecule has 7 nitrogen and oxygen atoms in total. The maximum Gasteiger partial charge on any atom is 0.228 e. The Bertz CT molecular complexity index is 1330. The van der Waals surface area contributed by atoms with Crippen LogP contribution in [0.4, 0.5) is 15.9 Å². The van der Waals surface area contributed by atoms with E-state index in [0.717, 1.165) is 22.5 Å². The average Bonchev–Trinajstić information content (AvgIpc) is 3.32. The third-order valence-corrected chi connectivity index (χ3v) is 5.93. The molecule has 2 aromatic heterocycles. The monoisotopic (exact) mass is 444 g/mol. The van der Waals surface area contributed by atoms with Crippen LogP contribution in [0.1, 0.15) is 31.9 Å². The highest BCUT2D eigenvalue weighted by atomic mass is 19.1. The summed E-state index contributed by atoms with van der Waals surface area (Å²) < 4.78 is 15.3. The molecule has 1 amide bonds. The fourth-order valence-electron chi connectivity index (χ4n) is 4.22. The van der Waals surface area contributed by atoms with Gasteiger partial charge in [-0.1, -0.05) is 24.3 Å². The van der Waals surface area contributed by atoms with Gasteiger partial charge in [-0.3, -0.25) is 4.79 Å². The molecule has 5 rings (SSSR count). The molecule has 2 unspecified atom stereocenters. The highest BCUT2D eigenvalue weighted by Gasteiger charge is 2.36. The summed E-state index contributed by atoms with van der Waals surface area (Å²) >= 11 is 0. The minimum Gasteiger partial charge on any atom is -0.362 e. The Morgan fingerprint density at radius 2 is 1.94 bits per heavy atom. The first-order valence-corrected chi connectivity index (χ1v) is 10.9. The van der Waals surface area contributed by atoms with Crippen molar-refractivity contribution in [3.63, 3.8) is 0 Å². The number of halogens is 1. The Hall–Kier alpha value is -3.78. The van der Waals surface area contributed by atoms with Gasteiger partial charge in [0.15, 0.2) is 5.65 Å². The lowest BCUT2D eigenvalue weighted by Gasteiger charge is -2.20. The molecule has 3 heterocycles. The molecule has 0 aliphatic carbocycles. The van der Waals surface area contributed by atoms with Gasteiger partial charge in [0.05, 0.1) is 17.9 Å². The maximum atomic E-state index is 13.6. The summed E-state index contributed by atoms with van der Waals surface area (Å²) in [5.41, 5.74) is 9.78. The van der Waals surface area contributed by atoms with Crippen molar-refractivity contribution in [1.82, 2.24) is 14.6 Å². The van der Waals surface area contributed by atoms with Gasteiger partial charge < -0.3 is 16.0 Å². The van der Waals surface area contributed by atoms with Crippen LogP contribution in [0.5, 0.6) is 0 Å². The zero-order valence-electron chi connectivity index (χ0n) is 18.5. The van der Waals surface area contributed by atoms with Gasteiger partial charge in [-0.15, -0.1) is 5.10 Å². The number of nitrogens with two attached hydrogens (primary N) is 1. The molecule has 1 aliphatic heterocycles. The Labute approximate surface area is 191 Å². The molecular weight excluding hydrogens is 419 g/mol. The summed E-state index contributed by atoms with van der Waals surface area (Å²) in [7, 11) is 0. The number of amides is 1. The molecule has 0 spiro atoms.